The van der Waals surface area contributed by atoms with Crippen LogP contribution in [0, 0.1) is 6.92 Å². The van der Waals surface area contributed by atoms with Crippen LogP contribution in [0.2, 0.25) is 0 Å². The molecule has 0 saturated heterocycles. The van der Waals surface area contributed by atoms with Crippen molar-refractivity contribution >= 4 is 5.97 Å². The summed E-state index contributed by atoms with van der Waals surface area (Å²) in [5.74, 6) is 0.522. The number of ether oxygens (including phenoxy) is 2. The number of rotatable bonds is 7. The highest BCUT2D eigenvalue weighted by Gasteiger charge is 2.07. The van der Waals surface area contributed by atoms with Gasteiger partial charge in [0.2, 0.25) is 0 Å². The summed E-state index contributed by atoms with van der Waals surface area (Å²) >= 11 is 0. The number of aryl methyl sites for hydroxylation is 1. The molecule has 0 aliphatic heterocycles. The zero-order chi connectivity index (χ0) is 15.1. The molecule has 0 atom stereocenters. The summed E-state index contributed by atoms with van der Waals surface area (Å²) in [4.78, 5) is 14.3. The van der Waals surface area contributed by atoms with E-state index in [4.69, 9.17) is 4.74 Å². The van der Waals surface area contributed by atoms with Gasteiger partial charge in [-0.05, 0) is 36.8 Å². The van der Waals surface area contributed by atoms with Crippen LogP contribution in [0.5, 0.6) is 5.75 Å². The number of hydrogen-bond acceptors (Lipinski definition) is 4. The highest BCUT2D eigenvalue weighted by Crippen LogP contribution is 2.11. The molecule has 0 fully saturated rings. The molecule has 5 nitrogen and oxygen atoms in total. The smallest absolute Gasteiger partial charge is 0.354 e. The predicted molar refractivity (Wildman–Crippen MR) is 80.5 cm³/mol. The van der Waals surface area contributed by atoms with Crippen molar-refractivity contribution in [2.45, 2.75) is 13.5 Å². The number of nitrogens with one attached hydrogen (secondary N) is 2. The summed E-state index contributed by atoms with van der Waals surface area (Å²) in [6.07, 6.45) is 0. The fourth-order valence-electron chi connectivity index (χ4n) is 1.94. The number of esters is 1. The fraction of sp³-hybridized carbons (Fsp3) is 0.312. The molecule has 112 valence electrons. The van der Waals surface area contributed by atoms with E-state index in [9.17, 15) is 4.79 Å². The average molecular weight is 288 g/mol. The molecule has 2 aromatic rings. The van der Waals surface area contributed by atoms with E-state index in [0.29, 0.717) is 18.8 Å². The van der Waals surface area contributed by atoms with Crippen molar-refractivity contribution in [2.24, 2.45) is 0 Å². The van der Waals surface area contributed by atoms with Crippen molar-refractivity contribution in [3.05, 3.63) is 53.3 Å². The Bertz CT molecular complexity index is 593. The van der Waals surface area contributed by atoms with Gasteiger partial charge < -0.3 is 19.8 Å². The lowest BCUT2D eigenvalue weighted by atomic mass is 10.2. The van der Waals surface area contributed by atoms with E-state index in [1.165, 1.54) is 12.7 Å². The van der Waals surface area contributed by atoms with Gasteiger partial charge in [0.1, 0.15) is 18.1 Å². The first-order chi connectivity index (χ1) is 10.2. The van der Waals surface area contributed by atoms with Crippen molar-refractivity contribution < 1.29 is 14.3 Å². The molecule has 0 amide bonds. The minimum absolute atomic E-state index is 0.357. The lowest BCUT2D eigenvalue weighted by Crippen LogP contribution is -2.20. The molecular weight excluding hydrogens is 268 g/mol. The Morgan fingerprint density at radius 2 is 2.14 bits per heavy atom. The Balaban J connectivity index is 1.68. The summed E-state index contributed by atoms with van der Waals surface area (Å²) in [6, 6.07) is 11.5. The molecule has 1 aromatic carbocycles. The van der Waals surface area contributed by atoms with E-state index in [1.54, 1.807) is 6.07 Å². The molecule has 0 unspecified atom stereocenters. The maximum absolute atomic E-state index is 11.3. The van der Waals surface area contributed by atoms with Crippen LogP contribution in [0.3, 0.4) is 0 Å². The largest absolute Gasteiger partial charge is 0.492 e. The third-order valence-corrected chi connectivity index (χ3v) is 3.00. The van der Waals surface area contributed by atoms with Gasteiger partial charge in [0, 0.05) is 18.8 Å². The molecule has 0 radical (unpaired) electrons. The van der Waals surface area contributed by atoms with Gasteiger partial charge in [-0.3, -0.25) is 0 Å². The van der Waals surface area contributed by atoms with Crippen LogP contribution in [0.15, 0.2) is 36.4 Å². The van der Waals surface area contributed by atoms with Gasteiger partial charge in [-0.25, -0.2) is 4.79 Å². The number of benzene rings is 1. The highest BCUT2D eigenvalue weighted by atomic mass is 16.5. The van der Waals surface area contributed by atoms with Crippen LogP contribution in [0.1, 0.15) is 21.7 Å². The zero-order valence-electron chi connectivity index (χ0n) is 12.3. The van der Waals surface area contributed by atoms with Crippen molar-refractivity contribution in [1.82, 2.24) is 10.3 Å². The highest BCUT2D eigenvalue weighted by molar-refractivity contribution is 5.87. The number of H-pyrrole nitrogens is 1. The number of aromatic nitrogens is 1. The number of methoxy groups -OCH3 is 1. The molecule has 5 heteroatoms. The lowest BCUT2D eigenvalue weighted by Gasteiger charge is -2.07. The monoisotopic (exact) mass is 288 g/mol. The van der Waals surface area contributed by atoms with Crippen molar-refractivity contribution in [2.75, 3.05) is 20.3 Å². The first-order valence-electron chi connectivity index (χ1n) is 6.85. The molecule has 0 bridgehead atoms. The Hall–Kier alpha value is -2.27. The fourth-order valence-corrected chi connectivity index (χ4v) is 1.94. The number of aromatic amines is 1. The van der Waals surface area contributed by atoms with Crippen molar-refractivity contribution in [3.63, 3.8) is 0 Å². The van der Waals surface area contributed by atoms with E-state index in [1.807, 2.05) is 37.3 Å². The number of hydrogen-bond donors (Lipinski definition) is 2. The topological polar surface area (TPSA) is 63.4 Å². The first-order valence-corrected chi connectivity index (χ1v) is 6.85. The van der Waals surface area contributed by atoms with Crippen LogP contribution in [-0.2, 0) is 11.3 Å². The Kier molecular flexibility index (Phi) is 5.40. The SMILES string of the molecule is COC(=O)c1ccc(CNCCOc2cccc(C)c2)[nH]1. The minimum Gasteiger partial charge on any atom is -0.492 e. The summed E-state index contributed by atoms with van der Waals surface area (Å²) in [5, 5.41) is 3.25. The second kappa shape index (κ2) is 7.50. The van der Waals surface area contributed by atoms with Crippen LogP contribution in [-0.4, -0.2) is 31.2 Å². The second-order valence-electron chi connectivity index (χ2n) is 4.73. The summed E-state index contributed by atoms with van der Waals surface area (Å²) in [5.41, 5.74) is 2.58. The Morgan fingerprint density at radius 1 is 1.29 bits per heavy atom. The predicted octanol–water partition coefficient (Wildman–Crippen LogP) is 2.28. The van der Waals surface area contributed by atoms with Crippen LogP contribution in [0.4, 0.5) is 0 Å². The molecule has 1 aromatic heterocycles. The van der Waals surface area contributed by atoms with Crippen LogP contribution < -0.4 is 10.1 Å². The molecule has 2 N–H and O–H groups in total. The Labute approximate surface area is 124 Å². The van der Waals surface area contributed by atoms with Gasteiger partial charge in [-0.2, -0.15) is 0 Å². The number of carbonyl (C=O) groups is 1. The van der Waals surface area contributed by atoms with Gasteiger partial charge >= 0.3 is 5.97 Å². The summed E-state index contributed by atoms with van der Waals surface area (Å²) in [6.45, 7) is 4.00. The molecule has 2 rings (SSSR count). The van der Waals surface area contributed by atoms with Gasteiger partial charge in [0.15, 0.2) is 0 Å². The first kappa shape index (κ1) is 15.1. The van der Waals surface area contributed by atoms with Gasteiger partial charge in [-0.15, -0.1) is 0 Å². The van der Waals surface area contributed by atoms with E-state index < -0.39 is 0 Å². The molecule has 0 aliphatic rings. The van der Waals surface area contributed by atoms with Crippen LogP contribution >= 0.6 is 0 Å². The molecule has 0 aliphatic carbocycles. The summed E-state index contributed by atoms with van der Waals surface area (Å²) < 4.78 is 10.3. The molecule has 0 spiro atoms. The third-order valence-electron chi connectivity index (χ3n) is 3.00. The quantitative estimate of drug-likeness (QED) is 0.606. The normalized spacial score (nSPS) is 10.4. The molecular formula is C16H20N2O3. The summed E-state index contributed by atoms with van der Waals surface area (Å²) in [7, 11) is 1.36. The van der Waals surface area contributed by atoms with E-state index in [2.05, 4.69) is 15.0 Å². The van der Waals surface area contributed by atoms with Gasteiger partial charge in [-0.1, -0.05) is 12.1 Å². The van der Waals surface area contributed by atoms with E-state index >= 15 is 0 Å². The number of carbonyl (C=O) groups excluding carboxylic acids is 1. The van der Waals surface area contributed by atoms with Crippen molar-refractivity contribution in [3.8, 4) is 5.75 Å². The molecule has 0 saturated carbocycles. The minimum atomic E-state index is -0.357. The van der Waals surface area contributed by atoms with Crippen LogP contribution in [0.25, 0.3) is 0 Å². The lowest BCUT2D eigenvalue weighted by molar-refractivity contribution is 0.0594. The van der Waals surface area contributed by atoms with Gasteiger partial charge in [0.05, 0.1) is 7.11 Å². The van der Waals surface area contributed by atoms with E-state index in [-0.39, 0.29) is 5.97 Å². The zero-order valence-corrected chi connectivity index (χ0v) is 12.3. The molecule has 21 heavy (non-hydrogen) atoms. The Morgan fingerprint density at radius 3 is 2.90 bits per heavy atom. The maximum Gasteiger partial charge on any atom is 0.354 e. The molecule has 1 heterocycles. The maximum atomic E-state index is 11.3. The standard InChI is InChI=1S/C16H20N2O3/c1-12-4-3-5-14(10-12)21-9-8-17-11-13-6-7-15(18-13)16(19)20-2/h3-7,10,17-18H,8-9,11H2,1-2H3. The average Bonchev–Trinajstić information content (AvgIpc) is 2.95. The van der Waals surface area contributed by atoms with Crippen molar-refractivity contribution in [1.29, 1.82) is 0 Å². The second-order valence-corrected chi connectivity index (χ2v) is 4.73. The third kappa shape index (κ3) is 4.65. The van der Waals surface area contributed by atoms with E-state index in [0.717, 1.165) is 18.0 Å². The van der Waals surface area contributed by atoms with Gasteiger partial charge in [0.25, 0.3) is 0 Å².